The number of hydrogen-bond donors (Lipinski definition) is 1. The predicted molar refractivity (Wildman–Crippen MR) is 121 cm³/mol. The van der Waals surface area contributed by atoms with Crippen LogP contribution in [0.3, 0.4) is 0 Å². The maximum atomic E-state index is 12.8. The molecule has 150 valence electrons. The molecule has 0 saturated carbocycles. The van der Waals surface area contributed by atoms with E-state index in [1.165, 1.54) is 23.9 Å². The van der Waals surface area contributed by atoms with Crippen molar-refractivity contribution in [2.45, 2.75) is 6.42 Å². The van der Waals surface area contributed by atoms with Gasteiger partial charge in [0.05, 0.1) is 10.5 Å². The predicted octanol–water partition coefficient (Wildman–Crippen LogP) is 5.09. The van der Waals surface area contributed by atoms with Crippen LogP contribution in [0.15, 0.2) is 76.1 Å². The molecule has 1 amide bonds. The molecule has 0 unspecified atom stereocenters. The standard InChI is InChI=1S/C23H17NO4S2/c25-21-20(30-23(29)24(21)13-12-15-4-2-1-3-5-15)14-18-10-11-19(28-18)16-6-8-17(9-7-16)22(26)27/h1-11,14H,12-13H2,(H,26,27). The molecule has 1 aliphatic heterocycles. The number of rotatable bonds is 6. The van der Waals surface area contributed by atoms with Crippen LogP contribution in [-0.4, -0.2) is 32.7 Å². The van der Waals surface area contributed by atoms with Crippen molar-refractivity contribution in [3.05, 3.63) is 88.5 Å². The van der Waals surface area contributed by atoms with E-state index in [-0.39, 0.29) is 11.5 Å². The third-order valence-electron chi connectivity index (χ3n) is 4.66. The maximum absolute atomic E-state index is 12.8. The van der Waals surface area contributed by atoms with Crippen molar-refractivity contribution in [3.63, 3.8) is 0 Å². The minimum absolute atomic E-state index is 0.121. The Morgan fingerprint density at radius 2 is 1.80 bits per heavy atom. The molecule has 5 nitrogen and oxygen atoms in total. The zero-order chi connectivity index (χ0) is 21.1. The molecule has 1 N–H and O–H groups in total. The van der Waals surface area contributed by atoms with Gasteiger partial charge in [-0.15, -0.1) is 0 Å². The number of carbonyl (C=O) groups is 2. The van der Waals surface area contributed by atoms with Gasteiger partial charge in [-0.05, 0) is 36.2 Å². The molecule has 2 heterocycles. The van der Waals surface area contributed by atoms with E-state index in [0.717, 1.165) is 17.5 Å². The van der Waals surface area contributed by atoms with E-state index in [2.05, 4.69) is 0 Å². The lowest BCUT2D eigenvalue weighted by molar-refractivity contribution is -0.122. The Kier molecular flexibility index (Phi) is 5.83. The highest BCUT2D eigenvalue weighted by Crippen LogP contribution is 2.33. The van der Waals surface area contributed by atoms with Crippen molar-refractivity contribution in [2.75, 3.05) is 6.54 Å². The van der Waals surface area contributed by atoms with Gasteiger partial charge in [-0.1, -0.05) is 66.4 Å². The minimum atomic E-state index is -0.976. The highest BCUT2D eigenvalue weighted by atomic mass is 32.2. The Labute approximate surface area is 183 Å². The molecule has 2 aromatic carbocycles. The summed E-state index contributed by atoms with van der Waals surface area (Å²) in [6, 6.07) is 20.0. The van der Waals surface area contributed by atoms with Gasteiger partial charge < -0.3 is 9.52 Å². The molecule has 1 aliphatic rings. The van der Waals surface area contributed by atoms with Gasteiger partial charge in [0, 0.05) is 18.2 Å². The van der Waals surface area contributed by atoms with Crippen LogP contribution in [0.1, 0.15) is 21.7 Å². The number of aromatic carboxylic acids is 1. The minimum Gasteiger partial charge on any atom is -0.478 e. The summed E-state index contributed by atoms with van der Waals surface area (Å²) < 4.78 is 6.37. The average Bonchev–Trinajstić information content (AvgIpc) is 3.32. The molecule has 1 fully saturated rings. The lowest BCUT2D eigenvalue weighted by atomic mass is 10.1. The Morgan fingerprint density at radius 3 is 2.50 bits per heavy atom. The van der Waals surface area contributed by atoms with Gasteiger partial charge in [0.15, 0.2) is 0 Å². The Morgan fingerprint density at radius 1 is 1.07 bits per heavy atom. The van der Waals surface area contributed by atoms with Gasteiger partial charge >= 0.3 is 5.97 Å². The van der Waals surface area contributed by atoms with E-state index < -0.39 is 5.97 Å². The fourth-order valence-electron chi connectivity index (χ4n) is 3.07. The van der Waals surface area contributed by atoms with Crippen molar-refractivity contribution in [3.8, 4) is 11.3 Å². The van der Waals surface area contributed by atoms with Crippen LogP contribution in [-0.2, 0) is 11.2 Å². The van der Waals surface area contributed by atoms with E-state index in [4.69, 9.17) is 21.7 Å². The molecular weight excluding hydrogens is 418 g/mol. The molecule has 30 heavy (non-hydrogen) atoms. The largest absolute Gasteiger partial charge is 0.478 e. The van der Waals surface area contributed by atoms with Crippen molar-refractivity contribution >= 4 is 46.3 Å². The number of carboxylic acids is 1. The summed E-state index contributed by atoms with van der Waals surface area (Å²) in [4.78, 5) is 25.9. The number of furan rings is 1. The normalized spacial score (nSPS) is 15.2. The number of hydrogen-bond acceptors (Lipinski definition) is 5. The van der Waals surface area contributed by atoms with Crippen LogP contribution in [0, 0.1) is 0 Å². The summed E-state index contributed by atoms with van der Waals surface area (Å²) in [6.07, 6.45) is 2.43. The first-order valence-electron chi connectivity index (χ1n) is 9.24. The molecule has 4 rings (SSSR count). The molecule has 1 saturated heterocycles. The summed E-state index contributed by atoms with van der Waals surface area (Å²) in [6.45, 7) is 0.533. The van der Waals surface area contributed by atoms with Gasteiger partial charge in [0.1, 0.15) is 15.8 Å². The van der Waals surface area contributed by atoms with Crippen LogP contribution in [0.2, 0.25) is 0 Å². The van der Waals surface area contributed by atoms with E-state index in [0.29, 0.717) is 27.3 Å². The van der Waals surface area contributed by atoms with Crippen molar-refractivity contribution < 1.29 is 19.1 Å². The zero-order valence-corrected chi connectivity index (χ0v) is 17.4. The van der Waals surface area contributed by atoms with Crippen molar-refractivity contribution in [1.82, 2.24) is 4.90 Å². The third-order valence-corrected chi connectivity index (χ3v) is 6.03. The molecule has 0 atom stereocenters. The van der Waals surface area contributed by atoms with Gasteiger partial charge in [0.2, 0.25) is 0 Å². The number of thioether (sulfide) groups is 1. The SMILES string of the molecule is O=C(O)c1ccc(-c2ccc(C=C3SC(=S)N(CCc4ccccc4)C3=O)o2)cc1. The monoisotopic (exact) mass is 435 g/mol. The smallest absolute Gasteiger partial charge is 0.335 e. The third kappa shape index (κ3) is 4.37. The topological polar surface area (TPSA) is 70.8 Å². The van der Waals surface area contributed by atoms with Gasteiger partial charge in [-0.25, -0.2) is 4.79 Å². The fourth-order valence-corrected chi connectivity index (χ4v) is 4.36. The van der Waals surface area contributed by atoms with Crippen molar-refractivity contribution in [1.29, 1.82) is 0 Å². The Hall–Kier alpha value is -3.16. The summed E-state index contributed by atoms with van der Waals surface area (Å²) in [5.41, 5.74) is 2.12. The fraction of sp³-hybridized carbons (Fsp3) is 0.0870. The number of benzene rings is 2. The lowest BCUT2D eigenvalue weighted by Crippen LogP contribution is -2.30. The molecule has 1 aromatic heterocycles. The van der Waals surface area contributed by atoms with Crippen LogP contribution in [0.4, 0.5) is 0 Å². The lowest BCUT2D eigenvalue weighted by Gasteiger charge is -2.14. The highest BCUT2D eigenvalue weighted by Gasteiger charge is 2.31. The number of nitrogens with zero attached hydrogens (tertiary/aromatic N) is 1. The first-order valence-corrected chi connectivity index (χ1v) is 10.5. The van der Waals surface area contributed by atoms with Crippen LogP contribution < -0.4 is 0 Å². The van der Waals surface area contributed by atoms with Gasteiger partial charge in [0.25, 0.3) is 5.91 Å². The molecule has 0 aliphatic carbocycles. The summed E-state index contributed by atoms with van der Waals surface area (Å²) in [5.74, 6) is 0.0364. The summed E-state index contributed by atoms with van der Waals surface area (Å²) in [7, 11) is 0. The van der Waals surface area contributed by atoms with E-state index in [9.17, 15) is 9.59 Å². The van der Waals surface area contributed by atoms with Crippen LogP contribution >= 0.6 is 24.0 Å². The first-order chi connectivity index (χ1) is 14.5. The van der Waals surface area contributed by atoms with Crippen LogP contribution in [0.25, 0.3) is 17.4 Å². The quantitative estimate of drug-likeness (QED) is 0.430. The van der Waals surface area contributed by atoms with E-state index in [1.54, 1.807) is 35.2 Å². The second-order valence-electron chi connectivity index (χ2n) is 6.65. The van der Waals surface area contributed by atoms with Crippen molar-refractivity contribution in [2.24, 2.45) is 0 Å². The van der Waals surface area contributed by atoms with E-state index in [1.807, 2.05) is 30.3 Å². The average molecular weight is 436 g/mol. The maximum Gasteiger partial charge on any atom is 0.335 e. The number of carbonyl (C=O) groups excluding carboxylic acids is 1. The molecule has 7 heteroatoms. The van der Waals surface area contributed by atoms with Crippen LogP contribution in [0.5, 0.6) is 0 Å². The molecule has 0 radical (unpaired) electrons. The molecule has 0 spiro atoms. The number of carboxylic acid groups (broad SMARTS) is 1. The summed E-state index contributed by atoms with van der Waals surface area (Å²) in [5, 5.41) is 9.00. The first kappa shape index (κ1) is 20.1. The Bertz CT molecular complexity index is 1130. The Balaban J connectivity index is 1.46. The highest BCUT2D eigenvalue weighted by molar-refractivity contribution is 8.26. The van der Waals surface area contributed by atoms with Gasteiger partial charge in [-0.3, -0.25) is 9.69 Å². The zero-order valence-electron chi connectivity index (χ0n) is 15.8. The summed E-state index contributed by atoms with van der Waals surface area (Å²) >= 11 is 6.66. The number of thiocarbonyl (C=S) groups is 1. The second-order valence-corrected chi connectivity index (χ2v) is 8.33. The number of amides is 1. The van der Waals surface area contributed by atoms with Gasteiger partial charge in [-0.2, -0.15) is 0 Å². The molecular formula is C23H17NO4S2. The molecule has 3 aromatic rings. The van der Waals surface area contributed by atoms with E-state index >= 15 is 0 Å². The second kappa shape index (κ2) is 8.69. The molecule has 0 bridgehead atoms.